The van der Waals surface area contributed by atoms with Crippen LogP contribution in [0.25, 0.3) is 28.2 Å². The molecule has 190 valence electrons. The van der Waals surface area contributed by atoms with Crippen molar-refractivity contribution in [3.63, 3.8) is 0 Å². The number of hydrogen-bond donors (Lipinski definition) is 3. The van der Waals surface area contributed by atoms with E-state index in [9.17, 15) is 9.59 Å². The fourth-order valence-electron chi connectivity index (χ4n) is 4.25. The number of amides is 1. The van der Waals surface area contributed by atoms with E-state index in [0.717, 1.165) is 24.1 Å². The van der Waals surface area contributed by atoms with E-state index in [4.69, 9.17) is 21.7 Å². The number of aromatic nitrogens is 8. The molecule has 0 bridgehead atoms. The summed E-state index contributed by atoms with van der Waals surface area (Å²) in [6.07, 6.45) is 3.93. The van der Waals surface area contributed by atoms with Gasteiger partial charge in [0.15, 0.2) is 0 Å². The molecule has 1 amide bonds. The van der Waals surface area contributed by atoms with Crippen molar-refractivity contribution < 1.29 is 9.90 Å². The Kier molecular flexibility index (Phi) is 5.92. The predicted molar refractivity (Wildman–Crippen MR) is 138 cm³/mol. The number of benzene rings is 2. The van der Waals surface area contributed by atoms with E-state index >= 15 is 0 Å². The Labute approximate surface area is 220 Å². The number of tetrazole rings is 1. The number of carbonyl (C=O) groups is 1. The summed E-state index contributed by atoms with van der Waals surface area (Å²) in [5, 5.41) is 23.1. The van der Waals surface area contributed by atoms with Gasteiger partial charge in [-0.15, -0.1) is 5.10 Å². The second-order valence-electron chi connectivity index (χ2n) is 8.87. The fraction of sp³-hybridized carbons (Fsp3) is 0.160. The van der Waals surface area contributed by atoms with Crippen LogP contribution < -0.4 is 10.9 Å². The molecule has 0 unspecified atom stereocenters. The van der Waals surface area contributed by atoms with Crippen molar-refractivity contribution in [1.29, 1.82) is 0 Å². The Hall–Kier alpha value is -4.84. The molecule has 12 nitrogen and oxygen atoms in total. The molecule has 3 N–H and O–H groups in total. The summed E-state index contributed by atoms with van der Waals surface area (Å²) in [5.41, 5.74) is 3.65. The number of hydrogen-bond acceptors (Lipinski definition) is 7. The highest BCUT2D eigenvalue weighted by Gasteiger charge is 2.30. The summed E-state index contributed by atoms with van der Waals surface area (Å²) < 4.78 is 3.15. The number of H-pyrrole nitrogens is 1. The van der Waals surface area contributed by atoms with Gasteiger partial charge in [0, 0.05) is 28.3 Å². The first-order valence-electron chi connectivity index (χ1n) is 11.7. The molecular formula is C25H20ClN9O3. The molecule has 13 heteroatoms. The first-order valence-corrected chi connectivity index (χ1v) is 12.1. The summed E-state index contributed by atoms with van der Waals surface area (Å²) in [5.74, 6) is 1.47. The molecule has 0 saturated heterocycles. The maximum absolute atomic E-state index is 13.4. The molecule has 1 aliphatic carbocycles. The minimum absolute atomic E-state index is 0.182. The van der Waals surface area contributed by atoms with E-state index in [2.05, 4.69) is 30.8 Å². The zero-order valence-electron chi connectivity index (χ0n) is 19.7. The van der Waals surface area contributed by atoms with Crippen LogP contribution in [0, 0.1) is 0 Å². The molecule has 5 aromatic rings. The second-order valence-corrected chi connectivity index (χ2v) is 9.30. The van der Waals surface area contributed by atoms with Gasteiger partial charge in [0.05, 0.1) is 29.8 Å². The van der Waals surface area contributed by atoms with Crippen LogP contribution in [0.1, 0.15) is 30.4 Å². The van der Waals surface area contributed by atoms with Crippen molar-refractivity contribution in [2.24, 2.45) is 0 Å². The van der Waals surface area contributed by atoms with Crippen LogP contribution in [0.15, 0.2) is 65.8 Å². The Morgan fingerprint density at radius 3 is 2.68 bits per heavy atom. The third kappa shape index (κ3) is 4.76. The Morgan fingerprint density at radius 2 is 1.97 bits per heavy atom. The van der Waals surface area contributed by atoms with Crippen molar-refractivity contribution in [1.82, 2.24) is 39.7 Å². The largest absolute Gasteiger partial charge is 0.465 e. The molecule has 38 heavy (non-hydrogen) atoms. The van der Waals surface area contributed by atoms with Crippen LogP contribution in [0.3, 0.4) is 0 Å². The number of imidazole rings is 1. The Bertz CT molecular complexity index is 1690. The molecule has 3 aromatic heterocycles. The van der Waals surface area contributed by atoms with Gasteiger partial charge in [0.2, 0.25) is 0 Å². The molecule has 0 atom stereocenters. The van der Waals surface area contributed by atoms with Gasteiger partial charge < -0.3 is 10.1 Å². The van der Waals surface area contributed by atoms with Crippen molar-refractivity contribution in [2.75, 3.05) is 5.32 Å². The van der Waals surface area contributed by atoms with Gasteiger partial charge in [-0.1, -0.05) is 23.7 Å². The standard InChI is InChI=1S/C25H20ClN9O3/c26-16-5-8-21(35-13-28-32-33-35)18(9-16)19-10-23(36)34(24(31-19)15-1-2-15)12-22-27-11-20(30-22)14-3-6-17(7-4-14)29-25(37)38/h3-11,13,15,29H,1-2,12H2,(H,27,30)(H,37,38). The van der Waals surface area contributed by atoms with E-state index in [1.807, 2.05) is 0 Å². The molecule has 3 heterocycles. The van der Waals surface area contributed by atoms with Crippen LogP contribution >= 0.6 is 11.6 Å². The summed E-state index contributed by atoms with van der Waals surface area (Å²) in [4.78, 5) is 36.8. The van der Waals surface area contributed by atoms with Crippen LogP contribution in [0.4, 0.5) is 10.5 Å². The predicted octanol–water partition coefficient (Wildman–Crippen LogP) is 3.95. The van der Waals surface area contributed by atoms with Gasteiger partial charge in [-0.2, -0.15) is 4.68 Å². The monoisotopic (exact) mass is 529 g/mol. The van der Waals surface area contributed by atoms with E-state index in [-0.39, 0.29) is 18.0 Å². The normalized spacial score (nSPS) is 13.0. The first-order chi connectivity index (χ1) is 18.4. The zero-order valence-corrected chi connectivity index (χ0v) is 20.5. The molecule has 0 spiro atoms. The third-order valence-corrected chi connectivity index (χ3v) is 6.43. The second kappa shape index (κ2) is 9.56. The zero-order chi connectivity index (χ0) is 26.2. The Balaban J connectivity index is 1.33. The SMILES string of the molecule is O=C(O)Nc1ccc(-c2cnc(Cn3c(C4CC4)nc(-c4cc(Cl)ccc4-n4cnnn4)cc3=O)[nH]2)cc1. The highest BCUT2D eigenvalue weighted by atomic mass is 35.5. The molecular weight excluding hydrogens is 510 g/mol. The van der Waals surface area contributed by atoms with E-state index in [0.29, 0.717) is 39.3 Å². The lowest BCUT2D eigenvalue weighted by molar-refractivity contribution is 0.209. The topological polar surface area (TPSA) is 156 Å². The molecule has 1 fully saturated rings. The van der Waals surface area contributed by atoms with E-state index in [1.165, 1.54) is 17.1 Å². The van der Waals surface area contributed by atoms with E-state index in [1.54, 1.807) is 53.2 Å². The fourth-order valence-corrected chi connectivity index (χ4v) is 4.43. The maximum atomic E-state index is 13.4. The highest BCUT2D eigenvalue weighted by molar-refractivity contribution is 6.31. The van der Waals surface area contributed by atoms with Crippen LogP contribution in [0.2, 0.25) is 5.02 Å². The first kappa shape index (κ1) is 23.6. The minimum atomic E-state index is -1.12. The molecule has 0 radical (unpaired) electrons. The van der Waals surface area contributed by atoms with Crippen LogP contribution in [-0.4, -0.2) is 50.9 Å². The van der Waals surface area contributed by atoms with Crippen molar-refractivity contribution in [2.45, 2.75) is 25.3 Å². The number of rotatable bonds is 7. The summed E-state index contributed by atoms with van der Waals surface area (Å²) in [6.45, 7) is 0.228. The van der Waals surface area contributed by atoms with Gasteiger partial charge in [-0.25, -0.2) is 14.8 Å². The van der Waals surface area contributed by atoms with Gasteiger partial charge in [-0.05, 0) is 59.2 Å². The average molecular weight is 530 g/mol. The average Bonchev–Trinajstić information content (AvgIpc) is 3.39. The van der Waals surface area contributed by atoms with Crippen molar-refractivity contribution in [3.05, 3.63) is 88.1 Å². The molecule has 1 aliphatic rings. The van der Waals surface area contributed by atoms with Gasteiger partial charge in [0.1, 0.15) is 18.0 Å². The quantitative estimate of drug-likeness (QED) is 0.286. The van der Waals surface area contributed by atoms with Crippen molar-refractivity contribution in [3.8, 4) is 28.2 Å². The number of nitrogens with zero attached hydrogens (tertiary/aromatic N) is 7. The molecule has 2 aromatic carbocycles. The highest BCUT2D eigenvalue weighted by Crippen LogP contribution is 2.39. The summed E-state index contributed by atoms with van der Waals surface area (Å²) in [7, 11) is 0. The number of aromatic amines is 1. The summed E-state index contributed by atoms with van der Waals surface area (Å²) >= 11 is 6.29. The lowest BCUT2D eigenvalue weighted by Gasteiger charge is -2.14. The van der Waals surface area contributed by atoms with Crippen LogP contribution in [0.5, 0.6) is 0 Å². The van der Waals surface area contributed by atoms with E-state index < -0.39 is 6.09 Å². The number of halogens is 1. The maximum Gasteiger partial charge on any atom is 0.409 e. The lowest BCUT2D eigenvalue weighted by atomic mass is 10.1. The van der Waals surface area contributed by atoms with Gasteiger partial charge >= 0.3 is 6.09 Å². The third-order valence-electron chi connectivity index (χ3n) is 6.19. The lowest BCUT2D eigenvalue weighted by Crippen LogP contribution is -2.25. The molecule has 0 aliphatic heterocycles. The van der Waals surface area contributed by atoms with Gasteiger partial charge in [-0.3, -0.25) is 14.7 Å². The molecule has 6 rings (SSSR count). The Morgan fingerprint density at radius 1 is 1.16 bits per heavy atom. The minimum Gasteiger partial charge on any atom is -0.465 e. The van der Waals surface area contributed by atoms with Gasteiger partial charge in [0.25, 0.3) is 5.56 Å². The smallest absolute Gasteiger partial charge is 0.409 e. The number of carboxylic acid groups (broad SMARTS) is 1. The van der Waals surface area contributed by atoms with Crippen molar-refractivity contribution >= 4 is 23.4 Å². The van der Waals surface area contributed by atoms with Crippen LogP contribution in [-0.2, 0) is 6.54 Å². The summed E-state index contributed by atoms with van der Waals surface area (Å²) in [6, 6.07) is 13.7. The molecule has 1 saturated carbocycles. The number of nitrogens with one attached hydrogen (secondary N) is 2. The number of anilines is 1.